The molecule has 2 amide bonds. The van der Waals surface area contributed by atoms with E-state index in [1.165, 1.54) is 22.2 Å². The predicted molar refractivity (Wildman–Crippen MR) is 87.0 cm³/mol. The molecule has 120 valence electrons. The molecule has 23 heavy (non-hydrogen) atoms. The highest BCUT2D eigenvalue weighted by molar-refractivity contribution is 7.99. The number of benzene rings is 1. The number of imide groups is 1. The molecule has 6 nitrogen and oxygen atoms in total. The van der Waals surface area contributed by atoms with Crippen LogP contribution in [0.4, 0.5) is 0 Å². The lowest BCUT2D eigenvalue weighted by Gasteiger charge is -2.13. The number of carbonyl (C=O) groups excluding carboxylic acids is 2. The third kappa shape index (κ3) is 3.61. The number of aromatic nitrogens is 3. The van der Waals surface area contributed by atoms with E-state index < -0.39 is 0 Å². The van der Waals surface area contributed by atoms with Crippen molar-refractivity contribution in [2.24, 2.45) is 0 Å². The Hall–Kier alpha value is -2.15. The third-order valence-electron chi connectivity index (χ3n) is 3.79. The van der Waals surface area contributed by atoms with Gasteiger partial charge in [-0.1, -0.05) is 42.1 Å². The van der Waals surface area contributed by atoms with E-state index in [4.69, 9.17) is 0 Å². The normalized spacial score (nSPS) is 14.7. The van der Waals surface area contributed by atoms with Gasteiger partial charge in [-0.15, -0.1) is 10.2 Å². The zero-order valence-electron chi connectivity index (χ0n) is 12.9. The average molecular weight is 330 g/mol. The first-order valence-electron chi connectivity index (χ1n) is 7.55. The van der Waals surface area contributed by atoms with Crippen LogP contribution >= 0.6 is 11.8 Å². The molecule has 3 rings (SSSR count). The van der Waals surface area contributed by atoms with Crippen molar-refractivity contribution in [2.75, 3.05) is 12.3 Å². The van der Waals surface area contributed by atoms with Crippen LogP contribution in [0.2, 0.25) is 0 Å². The van der Waals surface area contributed by atoms with Gasteiger partial charge in [0.25, 0.3) is 0 Å². The van der Waals surface area contributed by atoms with Crippen molar-refractivity contribution in [3.63, 3.8) is 0 Å². The smallest absolute Gasteiger partial charge is 0.229 e. The molecule has 1 aromatic carbocycles. The Morgan fingerprint density at radius 3 is 2.48 bits per heavy atom. The lowest BCUT2D eigenvalue weighted by Crippen LogP contribution is -2.31. The van der Waals surface area contributed by atoms with Gasteiger partial charge in [-0.2, -0.15) is 0 Å². The summed E-state index contributed by atoms with van der Waals surface area (Å²) in [5, 5.41) is 9.15. The number of aryl methyl sites for hydroxylation is 1. The monoisotopic (exact) mass is 330 g/mol. The van der Waals surface area contributed by atoms with E-state index in [2.05, 4.69) is 22.3 Å². The first-order valence-corrected chi connectivity index (χ1v) is 8.53. The summed E-state index contributed by atoms with van der Waals surface area (Å²) in [6, 6.07) is 10.1. The summed E-state index contributed by atoms with van der Waals surface area (Å²) in [5.74, 6) is 1.34. The van der Waals surface area contributed by atoms with Crippen molar-refractivity contribution in [1.82, 2.24) is 19.7 Å². The van der Waals surface area contributed by atoms with E-state index in [-0.39, 0.29) is 11.8 Å². The summed E-state index contributed by atoms with van der Waals surface area (Å²) >= 11 is 1.52. The molecule has 0 N–H and O–H groups in total. The van der Waals surface area contributed by atoms with Crippen LogP contribution in [0.25, 0.3) is 0 Å². The number of hydrogen-bond acceptors (Lipinski definition) is 5. The van der Waals surface area contributed by atoms with E-state index in [1.54, 1.807) is 0 Å². The van der Waals surface area contributed by atoms with E-state index in [9.17, 15) is 9.59 Å². The summed E-state index contributed by atoms with van der Waals surface area (Å²) in [7, 11) is 0. The average Bonchev–Trinajstić information content (AvgIpc) is 3.06. The highest BCUT2D eigenvalue weighted by atomic mass is 32.2. The molecule has 7 heteroatoms. The maximum Gasteiger partial charge on any atom is 0.229 e. The van der Waals surface area contributed by atoms with Crippen LogP contribution in [0, 0.1) is 6.92 Å². The Labute approximate surface area is 138 Å². The van der Waals surface area contributed by atoms with Gasteiger partial charge in [-0.3, -0.25) is 14.5 Å². The minimum Gasteiger partial charge on any atom is -0.302 e. The molecular weight excluding hydrogens is 312 g/mol. The second-order valence-electron chi connectivity index (χ2n) is 5.39. The molecular formula is C16H18N4O2S. The Balaban J connectivity index is 1.62. The van der Waals surface area contributed by atoms with Crippen LogP contribution in [-0.4, -0.2) is 43.8 Å². The fraction of sp³-hybridized carbons (Fsp3) is 0.375. The van der Waals surface area contributed by atoms with E-state index >= 15 is 0 Å². The largest absolute Gasteiger partial charge is 0.302 e. The van der Waals surface area contributed by atoms with Crippen molar-refractivity contribution in [3.05, 3.63) is 41.7 Å². The van der Waals surface area contributed by atoms with Gasteiger partial charge in [0, 0.05) is 25.1 Å². The van der Waals surface area contributed by atoms with Crippen LogP contribution in [0.3, 0.4) is 0 Å². The number of rotatable bonds is 6. The fourth-order valence-electron chi connectivity index (χ4n) is 2.52. The first-order chi connectivity index (χ1) is 11.1. The summed E-state index contributed by atoms with van der Waals surface area (Å²) in [6.45, 7) is 3.07. The van der Waals surface area contributed by atoms with Gasteiger partial charge in [0.15, 0.2) is 5.16 Å². The molecule has 1 saturated heterocycles. The molecule has 2 aromatic rings. The molecule has 0 spiro atoms. The Morgan fingerprint density at radius 1 is 1.09 bits per heavy atom. The van der Waals surface area contributed by atoms with Gasteiger partial charge in [0.05, 0.1) is 6.54 Å². The predicted octanol–water partition coefficient (Wildman–Crippen LogP) is 1.88. The van der Waals surface area contributed by atoms with Crippen LogP contribution in [0.5, 0.6) is 0 Å². The maximum absolute atomic E-state index is 11.6. The summed E-state index contributed by atoms with van der Waals surface area (Å²) in [4.78, 5) is 24.5. The molecule has 0 radical (unpaired) electrons. The number of carbonyl (C=O) groups is 2. The molecule has 1 aliphatic rings. The number of hydrogen-bond donors (Lipinski definition) is 0. The fourth-order valence-corrected chi connectivity index (χ4v) is 3.42. The minimum absolute atomic E-state index is 0.0717. The van der Waals surface area contributed by atoms with Crippen LogP contribution in [0.15, 0.2) is 35.5 Å². The Morgan fingerprint density at radius 2 is 1.78 bits per heavy atom. The molecule has 1 aliphatic heterocycles. The summed E-state index contributed by atoms with van der Waals surface area (Å²) < 4.78 is 2.05. The van der Waals surface area contributed by atoms with Gasteiger partial charge in [0.2, 0.25) is 11.8 Å². The lowest BCUT2D eigenvalue weighted by atomic mass is 10.2. The van der Waals surface area contributed by atoms with Crippen molar-refractivity contribution in [1.29, 1.82) is 0 Å². The molecule has 0 saturated carbocycles. The topological polar surface area (TPSA) is 68.1 Å². The van der Waals surface area contributed by atoms with Crippen molar-refractivity contribution in [2.45, 2.75) is 31.5 Å². The zero-order valence-corrected chi connectivity index (χ0v) is 13.8. The highest BCUT2D eigenvalue weighted by Gasteiger charge is 2.28. The first kappa shape index (κ1) is 15.7. The second-order valence-corrected chi connectivity index (χ2v) is 6.45. The minimum atomic E-state index is -0.0717. The second kappa shape index (κ2) is 6.95. The van der Waals surface area contributed by atoms with Gasteiger partial charge >= 0.3 is 0 Å². The van der Waals surface area contributed by atoms with Crippen molar-refractivity contribution >= 4 is 23.6 Å². The van der Waals surface area contributed by atoms with Crippen molar-refractivity contribution < 1.29 is 9.59 Å². The lowest BCUT2D eigenvalue weighted by molar-refractivity contribution is -0.137. The molecule has 2 heterocycles. The number of nitrogens with zero attached hydrogens (tertiary/aromatic N) is 4. The van der Waals surface area contributed by atoms with Crippen molar-refractivity contribution in [3.8, 4) is 0 Å². The number of amides is 2. The zero-order chi connectivity index (χ0) is 16.2. The van der Waals surface area contributed by atoms with E-state index in [0.29, 0.717) is 31.7 Å². The van der Waals surface area contributed by atoms with Gasteiger partial charge < -0.3 is 4.57 Å². The van der Waals surface area contributed by atoms with Crippen LogP contribution in [-0.2, 0) is 16.1 Å². The molecule has 0 unspecified atom stereocenters. The van der Waals surface area contributed by atoms with Crippen LogP contribution < -0.4 is 0 Å². The van der Waals surface area contributed by atoms with Gasteiger partial charge in [-0.05, 0) is 12.5 Å². The molecule has 1 aromatic heterocycles. The standard InChI is InChI=1S/C16H18N4O2S/c1-12-17-18-16(20(12)11-13-5-3-2-4-6-13)23-10-9-19-14(21)7-8-15(19)22/h2-6H,7-11H2,1H3. The molecule has 0 atom stereocenters. The molecule has 0 bridgehead atoms. The Kier molecular flexibility index (Phi) is 4.76. The van der Waals surface area contributed by atoms with Crippen LogP contribution in [0.1, 0.15) is 24.2 Å². The molecule has 1 fully saturated rings. The van der Waals surface area contributed by atoms with E-state index in [1.807, 2.05) is 29.7 Å². The third-order valence-corrected chi connectivity index (χ3v) is 4.73. The highest BCUT2D eigenvalue weighted by Crippen LogP contribution is 2.20. The van der Waals surface area contributed by atoms with Gasteiger partial charge in [-0.25, -0.2) is 0 Å². The number of likely N-dealkylation sites (tertiary alicyclic amines) is 1. The SMILES string of the molecule is Cc1nnc(SCCN2C(=O)CCC2=O)n1Cc1ccccc1. The summed E-state index contributed by atoms with van der Waals surface area (Å²) in [5.41, 5.74) is 1.18. The maximum atomic E-state index is 11.6. The number of thioether (sulfide) groups is 1. The molecule has 0 aliphatic carbocycles. The van der Waals surface area contributed by atoms with E-state index in [0.717, 1.165) is 11.0 Å². The Bertz CT molecular complexity index is 698. The van der Waals surface area contributed by atoms with Gasteiger partial charge in [0.1, 0.15) is 5.82 Å². The summed E-state index contributed by atoms with van der Waals surface area (Å²) in [6.07, 6.45) is 0.680. The quantitative estimate of drug-likeness (QED) is 0.597.